The summed E-state index contributed by atoms with van der Waals surface area (Å²) in [7, 11) is 3.77. The van der Waals surface area contributed by atoms with E-state index in [0.29, 0.717) is 29.2 Å². The predicted molar refractivity (Wildman–Crippen MR) is 134 cm³/mol. The summed E-state index contributed by atoms with van der Waals surface area (Å²) in [6.07, 6.45) is -0.258. The summed E-state index contributed by atoms with van der Waals surface area (Å²) in [5.74, 6) is -0.664. The third-order valence-electron chi connectivity index (χ3n) is 6.06. The average molecular weight is 532 g/mol. The molecule has 6 nitrogen and oxygen atoms in total. The number of aryl methyl sites for hydroxylation is 1. The van der Waals surface area contributed by atoms with E-state index < -0.39 is 24.5 Å². The summed E-state index contributed by atoms with van der Waals surface area (Å²) in [6, 6.07) is 8.45. The monoisotopic (exact) mass is 531 g/mol. The lowest BCUT2D eigenvalue weighted by molar-refractivity contribution is -0.141. The number of benzene rings is 1. The molecule has 3 heterocycles. The number of halogens is 4. The molecule has 1 aromatic carbocycles. The van der Waals surface area contributed by atoms with Crippen LogP contribution in [0.3, 0.4) is 0 Å². The summed E-state index contributed by atoms with van der Waals surface area (Å²) in [5, 5.41) is 4.08. The molecule has 0 spiro atoms. The second kappa shape index (κ2) is 10.9. The van der Waals surface area contributed by atoms with E-state index in [1.54, 1.807) is 41.3 Å². The number of carbonyl (C=O) groups excluding carboxylic acids is 1. The zero-order valence-corrected chi connectivity index (χ0v) is 21.1. The van der Waals surface area contributed by atoms with Crippen molar-refractivity contribution in [3.63, 3.8) is 0 Å². The first-order chi connectivity index (χ1) is 17.6. The van der Waals surface area contributed by atoms with E-state index in [1.165, 1.54) is 23.6 Å². The molecule has 1 aliphatic heterocycles. The fourth-order valence-corrected chi connectivity index (χ4v) is 5.46. The van der Waals surface area contributed by atoms with Gasteiger partial charge in [-0.25, -0.2) is 9.24 Å². The third-order valence-corrected chi connectivity index (χ3v) is 7.09. The molecule has 0 saturated carbocycles. The predicted octanol–water partition coefficient (Wildman–Crippen LogP) is 5.74. The van der Waals surface area contributed by atoms with Crippen LogP contribution in [0.1, 0.15) is 27.6 Å². The molecular formula is C26H25F4N5OS. The molecule has 1 amide bonds. The zero-order chi connectivity index (χ0) is 26.7. The Balaban J connectivity index is 1.81. The molecule has 1 aliphatic rings. The molecule has 0 radical (unpaired) electrons. The molecule has 0 saturated heterocycles. The van der Waals surface area contributed by atoms with E-state index in [4.69, 9.17) is 6.57 Å². The lowest BCUT2D eigenvalue weighted by atomic mass is 9.84. The zero-order valence-electron chi connectivity index (χ0n) is 20.3. The third kappa shape index (κ3) is 5.76. The van der Waals surface area contributed by atoms with Gasteiger partial charge in [-0.1, -0.05) is 30.3 Å². The van der Waals surface area contributed by atoms with Crippen molar-refractivity contribution in [2.75, 3.05) is 33.9 Å². The molecule has 0 unspecified atom stereocenters. The highest BCUT2D eigenvalue weighted by atomic mass is 32.1. The molecule has 4 rings (SSSR count). The molecule has 37 heavy (non-hydrogen) atoms. The number of nitrogens with zero attached hydrogens (tertiary/aromatic N) is 5. The van der Waals surface area contributed by atoms with Crippen LogP contribution in [-0.4, -0.2) is 59.3 Å². The molecule has 11 heteroatoms. The topological polar surface area (TPSA) is 45.7 Å². The maximum Gasteiger partial charge on any atom is 0.435 e. The van der Waals surface area contributed by atoms with Crippen LogP contribution >= 0.6 is 11.3 Å². The first-order valence-corrected chi connectivity index (χ1v) is 12.3. The number of thiophene rings is 1. The van der Waals surface area contributed by atoms with Crippen LogP contribution < -0.4 is 0 Å². The van der Waals surface area contributed by atoms with Crippen LogP contribution in [0.5, 0.6) is 0 Å². The van der Waals surface area contributed by atoms with Gasteiger partial charge in [-0.2, -0.15) is 29.6 Å². The Morgan fingerprint density at radius 3 is 2.70 bits per heavy atom. The Bertz CT molecular complexity index is 1350. The number of carbonyl (C=O) groups is 1. The number of aromatic nitrogens is 2. The summed E-state index contributed by atoms with van der Waals surface area (Å²) >= 11 is 1.28. The Labute approximate surface area is 216 Å². The van der Waals surface area contributed by atoms with Gasteiger partial charge in [0.25, 0.3) is 0 Å². The minimum absolute atomic E-state index is 0.145. The first-order valence-electron chi connectivity index (χ1n) is 11.5. The molecule has 2 aromatic heterocycles. The lowest BCUT2D eigenvalue weighted by Crippen LogP contribution is -2.37. The molecule has 0 N–H and O–H groups in total. The van der Waals surface area contributed by atoms with Gasteiger partial charge in [-0.15, -0.1) is 0 Å². The standard InChI is InChI=1S/C26H25F4N5OS/c1-31-23-13-19-20(14-34(16-22(19)37-23)24(36)9-6-11-33(2)3)17-7-4-5-8-18(17)21-15-35(12-10-27)32-25(21)26(28,29)30/h4-9,13,15,20H,10-12,14,16H2,2-3H3/b9-6+/t20-/m0/s1. The summed E-state index contributed by atoms with van der Waals surface area (Å²) < 4.78 is 55.7. The van der Waals surface area contributed by atoms with Gasteiger partial charge >= 0.3 is 6.18 Å². The number of rotatable bonds is 7. The van der Waals surface area contributed by atoms with E-state index in [2.05, 4.69) is 9.94 Å². The second-order valence-electron chi connectivity index (χ2n) is 8.94. The summed E-state index contributed by atoms with van der Waals surface area (Å²) in [6.45, 7) is 7.45. The highest BCUT2D eigenvalue weighted by Gasteiger charge is 2.39. The van der Waals surface area contributed by atoms with Crippen LogP contribution in [0.25, 0.3) is 16.0 Å². The van der Waals surface area contributed by atoms with E-state index in [1.807, 2.05) is 19.0 Å². The Morgan fingerprint density at radius 1 is 1.27 bits per heavy atom. The highest BCUT2D eigenvalue weighted by molar-refractivity contribution is 7.16. The van der Waals surface area contributed by atoms with Crippen LogP contribution in [0, 0.1) is 6.57 Å². The van der Waals surface area contributed by atoms with Crippen molar-refractivity contribution in [3.05, 3.63) is 81.8 Å². The number of alkyl halides is 4. The Hall–Kier alpha value is -3.49. The molecule has 0 fully saturated rings. The second-order valence-corrected chi connectivity index (χ2v) is 10.1. The maximum atomic E-state index is 13.9. The van der Waals surface area contributed by atoms with Crippen LogP contribution in [0.2, 0.25) is 0 Å². The Kier molecular flexibility index (Phi) is 7.80. The first kappa shape index (κ1) is 26.6. The summed E-state index contributed by atoms with van der Waals surface area (Å²) in [4.78, 5) is 21.0. The van der Waals surface area contributed by atoms with Gasteiger partial charge in [-0.05, 0) is 36.9 Å². The van der Waals surface area contributed by atoms with Crippen molar-refractivity contribution >= 4 is 22.2 Å². The molecule has 3 aromatic rings. The van der Waals surface area contributed by atoms with Crippen LogP contribution in [0.15, 0.2) is 48.7 Å². The lowest BCUT2D eigenvalue weighted by Gasteiger charge is -2.34. The van der Waals surface area contributed by atoms with Crippen molar-refractivity contribution in [1.29, 1.82) is 0 Å². The van der Waals surface area contributed by atoms with Crippen molar-refractivity contribution in [2.24, 2.45) is 0 Å². The van der Waals surface area contributed by atoms with E-state index >= 15 is 0 Å². The van der Waals surface area contributed by atoms with Gasteiger partial charge in [0.05, 0.1) is 19.7 Å². The quantitative estimate of drug-likeness (QED) is 0.222. The van der Waals surface area contributed by atoms with Crippen molar-refractivity contribution in [3.8, 4) is 11.1 Å². The highest BCUT2D eigenvalue weighted by Crippen LogP contribution is 2.45. The average Bonchev–Trinajstić information content (AvgIpc) is 3.47. The fourth-order valence-electron chi connectivity index (χ4n) is 4.44. The van der Waals surface area contributed by atoms with E-state index in [-0.39, 0.29) is 24.6 Å². The maximum absolute atomic E-state index is 13.9. The van der Waals surface area contributed by atoms with Gasteiger partial charge in [0, 0.05) is 41.7 Å². The van der Waals surface area contributed by atoms with Gasteiger partial charge in [0.1, 0.15) is 6.67 Å². The fraction of sp³-hybridized carbons (Fsp3) is 0.346. The van der Waals surface area contributed by atoms with E-state index in [0.717, 1.165) is 15.1 Å². The van der Waals surface area contributed by atoms with Gasteiger partial charge in [-0.3, -0.25) is 9.48 Å². The number of fused-ring (bicyclic) bond motifs is 1. The summed E-state index contributed by atoms with van der Waals surface area (Å²) in [5.41, 5.74) is 0.487. The van der Waals surface area contributed by atoms with Crippen molar-refractivity contribution < 1.29 is 22.4 Å². The molecule has 1 atom stereocenters. The number of hydrogen-bond donors (Lipinski definition) is 0. The number of hydrogen-bond acceptors (Lipinski definition) is 4. The van der Waals surface area contributed by atoms with Crippen LogP contribution in [-0.2, 0) is 24.1 Å². The van der Waals surface area contributed by atoms with Crippen molar-refractivity contribution in [1.82, 2.24) is 19.6 Å². The van der Waals surface area contributed by atoms with E-state index in [9.17, 15) is 22.4 Å². The normalized spacial score (nSPS) is 15.8. The minimum atomic E-state index is -4.74. The number of likely N-dealkylation sites (N-methyl/N-ethyl adjacent to an activating group) is 1. The molecule has 194 valence electrons. The van der Waals surface area contributed by atoms with Gasteiger partial charge in [0.2, 0.25) is 10.9 Å². The van der Waals surface area contributed by atoms with Gasteiger partial charge in [0.15, 0.2) is 5.69 Å². The largest absolute Gasteiger partial charge is 0.435 e. The molecule has 0 bridgehead atoms. The molecular weight excluding hydrogens is 506 g/mol. The number of amides is 1. The molecule has 0 aliphatic carbocycles. The Morgan fingerprint density at radius 2 is 2.03 bits per heavy atom. The minimum Gasteiger partial charge on any atom is -0.333 e. The SMILES string of the molecule is [C-]#[N+]c1cc2c(s1)CN(C(=O)/C=C/CN(C)C)C[C@H]2c1ccccc1-c1cn(CCF)nc1C(F)(F)F. The van der Waals surface area contributed by atoms with Gasteiger partial charge < -0.3 is 9.80 Å². The smallest absolute Gasteiger partial charge is 0.333 e. The van der Waals surface area contributed by atoms with Crippen molar-refractivity contribution in [2.45, 2.75) is 25.2 Å². The van der Waals surface area contributed by atoms with Crippen LogP contribution in [0.4, 0.5) is 22.6 Å².